The average molecular weight is 375 g/mol. The summed E-state index contributed by atoms with van der Waals surface area (Å²) in [6.07, 6.45) is 4.76. The van der Waals surface area contributed by atoms with Crippen LogP contribution in [0.2, 0.25) is 5.02 Å². The highest BCUT2D eigenvalue weighted by atomic mass is 35.5. The van der Waals surface area contributed by atoms with Gasteiger partial charge in [0.15, 0.2) is 5.78 Å². The van der Waals surface area contributed by atoms with Crippen LogP contribution in [0.4, 0.5) is 0 Å². The Morgan fingerprint density at radius 2 is 1.74 bits per heavy atom. The fraction of sp³-hybridized carbons (Fsp3) is 0. The Bertz CT molecular complexity index is 1140. The van der Waals surface area contributed by atoms with Crippen LogP contribution in [0.25, 0.3) is 28.2 Å². The van der Waals surface area contributed by atoms with Gasteiger partial charge in [-0.15, -0.1) is 0 Å². The van der Waals surface area contributed by atoms with Gasteiger partial charge in [0.2, 0.25) is 0 Å². The van der Waals surface area contributed by atoms with Crippen LogP contribution in [0.15, 0.2) is 83.5 Å². The molecular weight excluding hydrogens is 360 g/mol. The zero-order chi connectivity index (χ0) is 18.8. The van der Waals surface area contributed by atoms with Gasteiger partial charge >= 0.3 is 0 Å². The summed E-state index contributed by atoms with van der Waals surface area (Å²) in [4.78, 5) is 12.6. The highest BCUT2D eigenvalue weighted by molar-refractivity contribution is 6.30. The fourth-order valence-electron chi connectivity index (χ4n) is 2.94. The molecule has 0 amide bonds. The third-order valence-electron chi connectivity index (χ3n) is 4.34. The third kappa shape index (κ3) is 3.50. The van der Waals surface area contributed by atoms with Gasteiger partial charge in [-0.25, -0.2) is 0 Å². The lowest BCUT2D eigenvalue weighted by atomic mass is 10.0. The van der Waals surface area contributed by atoms with Crippen LogP contribution >= 0.6 is 11.6 Å². The molecule has 0 fully saturated rings. The second kappa shape index (κ2) is 7.14. The highest BCUT2D eigenvalue weighted by Gasteiger charge is 2.15. The van der Waals surface area contributed by atoms with Crippen molar-refractivity contribution in [2.24, 2.45) is 0 Å². The summed E-state index contributed by atoms with van der Waals surface area (Å²) in [5, 5.41) is 11.7. The van der Waals surface area contributed by atoms with Crippen LogP contribution in [0.5, 0.6) is 5.75 Å². The quantitative estimate of drug-likeness (QED) is 0.334. The van der Waals surface area contributed by atoms with Crippen LogP contribution in [0.1, 0.15) is 15.9 Å². The zero-order valence-electron chi connectivity index (χ0n) is 14.2. The molecule has 0 aliphatic carbocycles. The van der Waals surface area contributed by atoms with Gasteiger partial charge in [-0.05, 0) is 35.4 Å². The van der Waals surface area contributed by atoms with Crippen molar-refractivity contribution in [1.29, 1.82) is 0 Å². The number of benzene rings is 3. The monoisotopic (exact) mass is 374 g/mol. The molecule has 132 valence electrons. The maximum atomic E-state index is 12.6. The first-order chi connectivity index (χ1) is 13.1. The molecular formula is C23H15ClO3. The van der Waals surface area contributed by atoms with Gasteiger partial charge in [-0.3, -0.25) is 4.79 Å². The number of phenolic OH excluding ortho intramolecular Hbond substituents is 1. The number of aromatic hydroxyl groups is 1. The molecule has 0 saturated carbocycles. The van der Waals surface area contributed by atoms with Crippen molar-refractivity contribution in [1.82, 2.24) is 0 Å². The van der Waals surface area contributed by atoms with Crippen molar-refractivity contribution in [2.75, 3.05) is 0 Å². The lowest BCUT2D eigenvalue weighted by molar-refractivity contribution is 0.104. The molecule has 3 aromatic carbocycles. The van der Waals surface area contributed by atoms with Gasteiger partial charge in [0.1, 0.15) is 11.3 Å². The molecule has 0 saturated heterocycles. The van der Waals surface area contributed by atoms with E-state index in [1.807, 2.05) is 42.5 Å². The minimum Gasteiger partial charge on any atom is -0.507 e. The molecule has 0 bridgehead atoms. The number of halogens is 1. The van der Waals surface area contributed by atoms with Gasteiger partial charge in [0.05, 0.1) is 11.8 Å². The SMILES string of the molecule is O=C(/C=C/c1ccc(Cl)cc1)c1cc2c(-c3ccccc3)coc2cc1O. The molecule has 1 heterocycles. The number of phenols is 1. The summed E-state index contributed by atoms with van der Waals surface area (Å²) in [7, 11) is 0. The van der Waals surface area contributed by atoms with Gasteiger partial charge in [0.25, 0.3) is 0 Å². The predicted octanol–water partition coefficient (Wildman–Crippen LogP) is 6.35. The van der Waals surface area contributed by atoms with E-state index in [1.54, 1.807) is 30.5 Å². The lowest BCUT2D eigenvalue weighted by Crippen LogP contribution is -1.95. The number of ketones is 1. The third-order valence-corrected chi connectivity index (χ3v) is 4.59. The van der Waals surface area contributed by atoms with E-state index in [0.29, 0.717) is 10.6 Å². The topological polar surface area (TPSA) is 50.4 Å². The molecule has 1 aromatic heterocycles. The van der Waals surface area contributed by atoms with Crippen molar-refractivity contribution < 1.29 is 14.3 Å². The first kappa shape index (κ1) is 17.1. The molecule has 0 spiro atoms. The summed E-state index contributed by atoms with van der Waals surface area (Å²) < 4.78 is 5.56. The van der Waals surface area contributed by atoms with E-state index in [1.165, 1.54) is 12.1 Å². The van der Waals surface area contributed by atoms with Crippen LogP contribution in [-0.4, -0.2) is 10.9 Å². The second-order valence-corrected chi connectivity index (χ2v) is 6.57. The Hall–Kier alpha value is -3.30. The van der Waals surface area contributed by atoms with Crippen LogP contribution in [0.3, 0.4) is 0 Å². The van der Waals surface area contributed by atoms with Gasteiger partial charge in [-0.1, -0.05) is 60.1 Å². The number of carbonyl (C=O) groups excluding carboxylic acids is 1. The Balaban J connectivity index is 1.71. The number of rotatable bonds is 4. The molecule has 0 unspecified atom stereocenters. The molecule has 4 heteroatoms. The lowest BCUT2D eigenvalue weighted by Gasteiger charge is -2.03. The first-order valence-corrected chi connectivity index (χ1v) is 8.77. The molecule has 0 radical (unpaired) electrons. The normalized spacial score (nSPS) is 11.3. The van der Waals surface area contributed by atoms with Gasteiger partial charge in [0, 0.05) is 22.0 Å². The molecule has 0 aliphatic heterocycles. The molecule has 4 rings (SSSR count). The number of fused-ring (bicyclic) bond motifs is 1. The average Bonchev–Trinajstić information content (AvgIpc) is 3.10. The number of hydrogen-bond acceptors (Lipinski definition) is 3. The van der Waals surface area contributed by atoms with E-state index in [4.69, 9.17) is 16.0 Å². The van der Waals surface area contributed by atoms with E-state index in [-0.39, 0.29) is 17.1 Å². The molecule has 0 atom stereocenters. The molecule has 3 nitrogen and oxygen atoms in total. The molecule has 27 heavy (non-hydrogen) atoms. The Morgan fingerprint density at radius 3 is 2.48 bits per heavy atom. The summed E-state index contributed by atoms with van der Waals surface area (Å²) >= 11 is 5.87. The Morgan fingerprint density at radius 1 is 1.00 bits per heavy atom. The summed E-state index contributed by atoms with van der Waals surface area (Å²) in [6.45, 7) is 0. The number of furan rings is 1. The second-order valence-electron chi connectivity index (χ2n) is 6.13. The summed E-state index contributed by atoms with van der Waals surface area (Å²) in [5.41, 5.74) is 3.47. The first-order valence-electron chi connectivity index (χ1n) is 8.39. The van der Waals surface area contributed by atoms with E-state index in [9.17, 15) is 9.90 Å². The highest BCUT2D eigenvalue weighted by Crippen LogP contribution is 2.34. The summed E-state index contributed by atoms with van der Waals surface area (Å²) in [5.74, 6) is -0.397. The van der Waals surface area contributed by atoms with Crippen LogP contribution in [0, 0.1) is 0 Å². The van der Waals surface area contributed by atoms with Crippen molar-refractivity contribution in [3.05, 3.63) is 95.2 Å². The van der Waals surface area contributed by atoms with Gasteiger partial charge in [-0.2, -0.15) is 0 Å². The Labute approximate surface area is 161 Å². The van der Waals surface area contributed by atoms with Crippen LogP contribution < -0.4 is 0 Å². The van der Waals surface area contributed by atoms with Crippen molar-refractivity contribution in [3.63, 3.8) is 0 Å². The van der Waals surface area contributed by atoms with Crippen molar-refractivity contribution >= 4 is 34.4 Å². The van der Waals surface area contributed by atoms with Crippen molar-refractivity contribution in [3.8, 4) is 16.9 Å². The van der Waals surface area contributed by atoms with E-state index >= 15 is 0 Å². The summed E-state index contributed by atoms with van der Waals surface area (Å²) in [6, 6.07) is 20.1. The van der Waals surface area contributed by atoms with Gasteiger partial charge < -0.3 is 9.52 Å². The molecule has 0 aliphatic rings. The molecule has 1 N–H and O–H groups in total. The van der Waals surface area contributed by atoms with E-state index in [0.717, 1.165) is 22.1 Å². The predicted molar refractivity (Wildman–Crippen MR) is 108 cm³/mol. The number of allylic oxidation sites excluding steroid dienone is 1. The van der Waals surface area contributed by atoms with Crippen LogP contribution in [-0.2, 0) is 0 Å². The maximum absolute atomic E-state index is 12.6. The Kier molecular flexibility index (Phi) is 4.53. The number of carbonyl (C=O) groups is 1. The minimum atomic E-state index is -0.287. The minimum absolute atomic E-state index is 0.109. The van der Waals surface area contributed by atoms with E-state index in [2.05, 4.69) is 0 Å². The van der Waals surface area contributed by atoms with E-state index < -0.39 is 0 Å². The number of hydrogen-bond donors (Lipinski definition) is 1. The van der Waals surface area contributed by atoms with Crippen molar-refractivity contribution in [2.45, 2.75) is 0 Å². The molecule has 4 aromatic rings. The maximum Gasteiger partial charge on any atom is 0.189 e. The fourth-order valence-corrected chi connectivity index (χ4v) is 3.06. The zero-order valence-corrected chi connectivity index (χ0v) is 15.0. The standard InChI is InChI=1S/C23H15ClO3/c24-17-9-6-15(7-10-17)8-11-21(25)19-12-18-20(16-4-2-1-3-5-16)14-27-23(18)13-22(19)26/h1-14,26H/b11-8+. The largest absolute Gasteiger partial charge is 0.507 e. The smallest absolute Gasteiger partial charge is 0.189 e.